The topological polar surface area (TPSA) is 46.6 Å². The molecule has 0 N–H and O–H groups in total. The standard InChI is InChI=1S/C16H26NO3PS/c1-5-16(18)17(14(3)4)12-13-22-21(19,20-6-2)15-10-8-7-9-11-15/h7-11,14H,5-6,12-13H2,1-4H3. The molecule has 22 heavy (non-hydrogen) atoms. The number of amides is 1. The van der Waals surface area contributed by atoms with Crippen LogP contribution in [0.1, 0.15) is 34.1 Å². The van der Waals surface area contributed by atoms with Gasteiger partial charge in [0.05, 0.1) is 6.61 Å². The SMILES string of the molecule is CCOP(=O)(SCCN(C(=O)CC)C(C)C)c1ccccc1. The van der Waals surface area contributed by atoms with Crippen LogP contribution in [0, 0.1) is 0 Å². The first-order valence-corrected chi connectivity index (χ1v) is 10.9. The average Bonchev–Trinajstić information content (AvgIpc) is 2.51. The Labute approximate surface area is 137 Å². The first-order valence-electron chi connectivity index (χ1n) is 7.68. The molecule has 1 aromatic rings. The van der Waals surface area contributed by atoms with Gasteiger partial charge >= 0.3 is 0 Å². The summed E-state index contributed by atoms with van der Waals surface area (Å²) >= 11 is 1.31. The number of hydrogen-bond acceptors (Lipinski definition) is 4. The number of carbonyl (C=O) groups is 1. The molecule has 0 saturated heterocycles. The van der Waals surface area contributed by atoms with Crippen molar-refractivity contribution < 1.29 is 13.9 Å². The lowest BCUT2D eigenvalue weighted by molar-refractivity contribution is -0.132. The predicted octanol–water partition coefficient (Wildman–Crippen LogP) is 3.92. The first-order chi connectivity index (χ1) is 10.4. The highest BCUT2D eigenvalue weighted by molar-refractivity contribution is 8.58. The first kappa shape index (κ1) is 19.3. The van der Waals surface area contributed by atoms with Crippen molar-refractivity contribution in [2.45, 2.75) is 40.2 Å². The fraction of sp³-hybridized carbons (Fsp3) is 0.562. The van der Waals surface area contributed by atoms with E-state index in [1.54, 1.807) is 0 Å². The molecule has 0 aliphatic heterocycles. The van der Waals surface area contributed by atoms with Crippen molar-refractivity contribution in [2.24, 2.45) is 0 Å². The van der Waals surface area contributed by atoms with Crippen LogP contribution < -0.4 is 5.30 Å². The van der Waals surface area contributed by atoms with Crippen molar-refractivity contribution in [3.63, 3.8) is 0 Å². The molecule has 124 valence electrons. The Morgan fingerprint density at radius 3 is 2.41 bits per heavy atom. The van der Waals surface area contributed by atoms with Gasteiger partial charge in [0.15, 0.2) is 0 Å². The summed E-state index contributed by atoms with van der Waals surface area (Å²) in [7, 11) is 0. The second-order valence-electron chi connectivity index (χ2n) is 5.12. The van der Waals surface area contributed by atoms with Crippen LogP contribution in [0.3, 0.4) is 0 Å². The Bertz CT molecular complexity index is 507. The molecule has 0 bridgehead atoms. The maximum Gasteiger partial charge on any atom is 0.287 e. The van der Waals surface area contributed by atoms with Gasteiger partial charge in [0.1, 0.15) is 0 Å². The van der Waals surface area contributed by atoms with Gasteiger partial charge in [-0.3, -0.25) is 9.36 Å². The van der Waals surface area contributed by atoms with Gasteiger partial charge < -0.3 is 9.42 Å². The van der Waals surface area contributed by atoms with Gasteiger partial charge in [-0.2, -0.15) is 0 Å². The monoisotopic (exact) mass is 343 g/mol. The number of carbonyl (C=O) groups excluding carboxylic acids is 1. The molecule has 1 amide bonds. The van der Waals surface area contributed by atoms with Crippen LogP contribution in [0.4, 0.5) is 0 Å². The number of benzene rings is 1. The third kappa shape index (κ3) is 5.45. The minimum Gasteiger partial charge on any atom is -0.339 e. The lowest BCUT2D eigenvalue weighted by atomic mass is 10.3. The second kappa shape index (κ2) is 9.39. The van der Waals surface area contributed by atoms with E-state index < -0.39 is 6.57 Å². The van der Waals surface area contributed by atoms with Crippen LogP contribution in [0.15, 0.2) is 30.3 Å². The van der Waals surface area contributed by atoms with E-state index in [1.807, 2.05) is 62.9 Å². The van der Waals surface area contributed by atoms with Gasteiger partial charge in [-0.1, -0.05) is 36.5 Å². The minimum absolute atomic E-state index is 0.126. The van der Waals surface area contributed by atoms with E-state index in [2.05, 4.69) is 0 Å². The van der Waals surface area contributed by atoms with Crippen molar-refractivity contribution >= 4 is 29.2 Å². The van der Waals surface area contributed by atoms with Gasteiger partial charge in [0.2, 0.25) is 5.91 Å². The van der Waals surface area contributed by atoms with Crippen molar-refractivity contribution in [1.82, 2.24) is 4.90 Å². The molecule has 0 aliphatic rings. The van der Waals surface area contributed by atoms with Crippen molar-refractivity contribution in [3.8, 4) is 0 Å². The molecule has 0 saturated carbocycles. The average molecular weight is 343 g/mol. The van der Waals surface area contributed by atoms with Crippen LogP contribution >= 0.6 is 18.0 Å². The normalized spacial score (nSPS) is 13.9. The van der Waals surface area contributed by atoms with E-state index in [9.17, 15) is 9.36 Å². The maximum absolute atomic E-state index is 13.0. The molecule has 0 radical (unpaired) electrons. The minimum atomic E-state index is -2.92. The third-order valence-corrected chi connectivity index (χ3v) is 7.96. The van der Waals surface area contributed by atoms with E-state index >= 15 is 0 Å². The summed E-state index contributed by atoms with van der Waals surface area (Å²) in [5, 5.41) is 0.722. The van der Waals surface area contributed by atoms with Crippen LogP contribution in [0.25, 0.3) is 0 Å². The molecule has 0 aromatic heterocycles. The molecule has 1 aromatic carbocycles. The Kier molecular flexibility index (Phi) is 8.23. The van der Waals surface area contributed by atoms with Gasteiger partial charge in [-0.15, -0.1) is 0 Å². The number of rotatable bonds is 9. The molecule has 1 atom stereocenters. The molecule has 0 spiro atoms. The van der Waals surface area contributed by atoms with E-state index in [0.717, 1.165) is 5.30 Å². The highest BCUT2D eigenvalue weighted by Gasteiger charge is 2.27. The van der Waals surface area contributed by atoms with Crippen molar-refractivity contribution in [2.75, 3.05) is 18.9 Å². The Hall–Kier alpha value is -0.770. The summed E-state index contributed by atoms with van der Waals surface area (Å²) in [4.78, 5) is 13.7. The summed E-state index contributed by atoms with van der Waals surface area (Å²) < 4.78 is 18.6. The predicted molar refractivity (Wildman–Crippen MR) is 94.9 cm³/mol. The second-order valence-corrected chi connectivity index (χ2v) is 9.77. The summed E-state index contributed by atoms with van der Waals surface area (Å²) in [6.07, 6.45) is 0.491. The van der Waals surface area contributed by atoms with E-state index in [-0.39, 0.29) is 11.9 Å². The van der Waals surface area contributed by atoms with E-state index in [0.29, 0.717) is 25.3 Å². The van der Waals surface area contributed by atoms with Crippen LogP contribution in [0.5, 0.6) is 0 Å². The fourth-order valence-corrected chi connectivity index (χ4v) is 6.19. The lowest BCUT2D eigenvalue weighted by Crippen LogP contribution is -2.38. The molecule has 1 rings (SSSR count). The summed E-state index contributed by atoms with van der Waals surface area (Å²) in [6, 6.07) is 9.44. The van der Waals surface area contributed by atoms with Crippen LogP contribution in [-0.4, -0.2) is 35.8 Å². The van der Waals surface area contributed by atoms with E-state index in [1.165, 1.54) is 11.4 Å². The molecule has 0 aliphatic carbocycles. The molecular weight excluding hydrogens is 317 g/mol. The van der Waals surface area contributed by atoms with Gasteiger partial charge in [-0.25, -0.2) is 0 Å². The highest BCUT2D eigenvalue weighted by Crippen LogP contribution is 2.58. The molecule has 0 fully saturated rings. The maximum atomic E-state index is 13.0. The lowest BCUT2D eigenvalue weighted by Gasteiger charge is -2.27. The Morgan fingerprint density at radius 1 is 1.27 bits per heavy atom. The van der Waals surface area contributed by atoms with Gasteiger partial charge in [0.25, 0.3) is 6.57 Å². The van der Waals surface area contributed by atoms with Crippen molar-refractivity contribution in [3.05, 3.63) is 30.3 Å². The Morgan fingerprint density at radius 2 is 1.91 bits per heavy atom. The summed E-state index contributed by atoms with van der Waals surface area (Å²) in [5.41, 5.74) is 0. The smallest absolute Gasteiger partial charge is 0.287 e. The molecule has 4 nitrogen and oxygen atoms in total. The van der Waals surface area contributed by atoms with Crippen molar-refractivity contribution in [1.29, 1.82) is 0 Å². The molecule has 0 heterocycles. The van der Waals surface area contributed by atoms with Gasteiger partial charge in [-0.05, 0) is 32.9 Å². The van der Waals surface area contributed by atoms with Gasteiger partial charge in [0, 0.05) is 30.1 Å². The zero-order chi connectivity index (χ0) is 16.6. The zero-order valence-electron chi connectivity index (χ0n) is 13.8. The highest BCUT2D eigenvalue weighted by atomic mass is 32.7. The summed E-state index contributed by atoms with van der Waals surface area (Å²) in [5.74, 6) is 0.720. The number of hydrogen-bond donors (Lipinski definition) is 0. The molecular formula is C16H26NO3PS. The molecule has 1 unspecified atom stereocenters. The van der Waals surface area contributed by atoms with E-state index in [4.69, 9.17) is 4.52 Å². The largest absolute Gasteiger partial charge is 0.339 e. The fourth-order valence-electron chi connectivity index (χ4n) is 2.10. The van der Waals surface area contributed by atoms with Crippen LogP contribution in [-0.2, 0) is 13.9 Å². The Balaban J connectivity index is 2.73. The zero-order valence-corrected chi connectivity index (χ0v) is 15.5. The molecule has 6 heteroatoms. The summed E-state index contributed by atoms with van der Waals surface area (Å²) in [6.45, 7) is 5.77. The van der Waals surface area contributed by atoms with Crippen LogP contribution in [0.2, 0.25) is 0 Å². The quantitative estimate of drug-likeness (QED) is 0.638. The third-order valence-electron chi connectivity index (χ3n) is 3.21. The number of nitrogens with zero attached hydrogens (tertiary/aromatic N) is 1.